The Balaban J connectivity index is 2.23. The minimum Gasteiger partial charge on any atom is -0.505 e. The van der Waals surface area contributed by atoms with E-state index in [1.807, 2.05) is 0 Å². The van der Waals surface area contributed by atoms with E-state index in [0.29, 0.717) is 28.1 Å². The second-order valence-corrected chi connectivity index (χ2v) is 4.20. The Kier molecular flexibility index (Phi) is 2.90. The molecule has 1 aromatic carbocycles. The second kappa shape index (κ2) is 4.73. The molecule has 0 radical (unpaired) electrons. The van der Waals surface area contributed by atoms with Gasteiger partial charge in [-0.1, -0.05) is 0 Å². The maximum atomic E-state index is 13.4. The molecule has 0 atom stereocenters. The molecular weight excluding hydrogens is 259 g/mol. The Morgan fingerprint density at radius 1 is 1.15 bits per heavy atom. The SMILES string of the molecule is CNc1nc(-c2ccc(O)c(F)c2)cc2nccnc12. The van der Waals surface area contributed by atoms with Crippen molar-refractivity contribution < 1.29 is 9.50 Å². The van der Waals surface area contributed by atoms with Crippen LogP contribution < -0.4 is 5.32 Å². The van der Waals surface area contributed by atoms with Crippen LogP contribution in [0.1, 0.15) is 0 Å². The van der Waals surface area contributed by atoms with Crippen molar-refractivity contribution in [2.45, 2.75) is 0 Å². The van der Waals surface area contributed by atoms with Crippen LogP contribution in [0, 0.1) is 5.82 Å². The van der Waals surface area contributed by atoms with Gasteiger partial charge >= 0.3 is 0 Å². The van der Waals surface area contributed by atoms with Crippen molar-refractivity contribution >= 4 is 16.9 Å². The van der Waals surface area contributed by atoms with Crippen molar-refractivity contribution in [1.82, 2.24) is 15.0 Å². The molecule has 0 saturated heterocycles. The Hall–Kier alpha value is -2.76. The number of nitrogens with one attached hydrogen (secondary N) is 1. The van der Waals surface area contributed by atoms with Crippen molar-refractivity contribution in [3.63, 3.8) is 0 Å². The van der Waals surface area contributed by atoms with Crippen LogP contribution in [0.25, 0.3) is 22.3 Å². The highest BCUT2D eigenvalue weighted by molar-refractivity contribution is 5.88. The van der Waals surface area contributed by atoms with E-state index >= 15 is 0 Å². The molecule has 0 fully saturated rings. The summed E-state index contributed by atoms with van der Waals surface area (Å²) < 4.78 is 13.4. The van der Waals surface area contributed by atoms with E-state index in [1.54, 1.807) is 31.6 Å². The number of fused-ring (bicyclic) bond motifs is 1. The van der Waals surface area contributed by atoms with Gasteiger partial charge in [0.1, 0.15) is 5.52 Å². The maximum Gasteiger partial charge on any atom is 0.165 e. The molecule has 0 aliphatic carbocycles. The molecule has 0 aliphatic heterocycles. The number of aromatic hydroxyl groups is 1. The number of anilines is 1. The minimum absolute atomic E-state index is 0.386. The molecule has 0 unspecified atom stereocenters. The summed E-state index contributed by atoms with van der Waals surface area (Å²) in [5, 5.41) is 12.2. The summed E-state index contributed by atoms with van der Waals surface area (Å²) >= 11 is 0. The largest absolute Gasteiger partial charge is 0.505 e. The van der Waals surface area contributed by atoms with Crippen LogP contribution in [0.3, 0.4) is 0 Å². The van der Waals surface area contributed by atoms with E-state index in [9.17, 15) is 9.50 Å². The van der Waals surface area contributed by atoms with Gasteiger partial charge in [-0.2, -0.15) is 0 Å². The minimum atomic E-state index is -0.686. The van der Waals surface area contributed by atoms with Gasteiger partial charge in [0, 0.05) is 25.0 Å². The first kappa shape index (κ1) is 12.3. The number of nitrogens with zero attached hydrogens (tertiary/aromatic N) is 3. The Morgan fingerprint density at radius 2 is 1.95 bits per heavy atom. The Labute approximate surface area is 114 Å². The van der Waals surface area contributed by atoms with Crippen LogP contribution in [0.4, 0.5) is 10.2 Å². The van der Waals surface area contributed by atoms with Crippen LogP contribution in [0.5, 0.6) is 5.75 Å². The van der Waals surface area contributed by atoms with E-state index < -0.39 is 5.82 Å². The summed E-state index contributed by atoms with van der Waals surface area (Å²) in [5.41, 5.74) is 2.43. The zero-order chi connectivity index (χ0) is 14.1. The first-order chi connectivity index (χ1) is 9.69. The van der Waals surface area contributed by atoms with E-state index in [1.165, 1.54) is 12.1 Å². The molecule has 0 bridgehead atoms. The summed E-state index contributed by atoms with van der Waals surface area (Å²) in [7, 11) is 1.73. The third kappa shape index (κ3) is 2.01. The van der Waals surface area contributed by atoms with Crippen LogP contribution in [-0.4, -0.2) is 27.1 Å². The predicted octanol–water partition coefficient (Wildman–Crippen LogP) is 2.58. The zero-order valence-electron chi connectivity index (χ0n) is 10.6. The molecule has 3 rings (SSSR count). The number of phenols is 1. The normalized spacial score (nSPS) is 10.7. The lowest BCUT2D eigenvalue weighted by molar-refractivity contribution is 0.432. The average Bonchev–Trinajstić information content (AvgIpc) is 2.49. The maximum absolute atomic E-state index is 13.4. The number of hydrogen-bond donors (Lipinski definition) is 2. The van der Waals surface area contributed by atoms with Crippen molar-refractivity contribution in [2.75, 3.05) is 12.4 Å². The lowest BCUT2D eigenvalue weighted by Gasteiger charge is -2.08. The summed E-state index contributed by atoms with van der Waals surface area (Å²) in [4.78, 5) is 12.8. The highest BCUT2D eigenvalue weighted by atomic mass is 19.1. The van der Waals surface area contributed by atoms with Gasteiger partial charge < -0.3 is 10.4 Å². The molecule has 5 nitrogen and oxygen atoms in total. The molecule has 2 heterocycles. The lowest BCUT2D eigenvalue weighted by Crippen LogP contribution is -1.98. The molecule has 0 amide bonds. The Morgan fingerprint density at radius 3 is 2.70 bits per heavy atom. The molecule has 0 aliphatic rings. The van der Waals surface area contributed by atoms with Gasteiger partial charge in [0.05, 0.1) is 11.2 Å². The monoisotopic (exact) mass is 270 g/mol. The molecule has 2 N–H and O–H groups in total. The number of hydrogen-bond acceptors (Lipinski definition) is 5. The van der Waals surface area contributed by atoms with Crippen LogP contribution in [0.2, 0.25) is 0 Å². The fourth-order valence-electron chi connectivity index (χ4n) is 1.96. The highest BCUT2D eigenvalue weighted by Gasteiger charge is 2.10. The van der Waals surface area contributed by atoms with Crippen molar-refractivity contribution in [1.29, 1.82) is 0 Å². The van der Waals surface area contributed by atoms with Crippen molar-refractivity contribution in [3.8, 4) is 17.0 Å². The number of benzene rings is 1. The molecule has 0 saturated carbocycles. The third-order valence-corrected chi connectivity index (χ3v) is 2.94. The fourth-order valence-corrected chi connectivity index (χ4v) is 1.96. The van der Waals surface area contributed by atoms with E-state index in [-0.39, 0.29) is 5.75 Å². The number of rotatable bonds is 2. The molecule has 20 heavy (non-hydrogen) atoms. The van der Waals surface area contributed by atoms with Crippen molar-refractivity contribution in [3.05, 3.63) is 42.5 Å². The van der Waals surface area contributed by atoms with Gasteiger partial charge in [-0.3, -0.25) is 4.98 Å². The van der Waals surface area contributed by atoms with Gasteiger partial charge in [-0.05, 0) is 24.3 Å². The predicted molar refractivity (Wildman–Crippen MR) is 73.9 cm³/mol. The lowest BCUT2D eigenvalue weighted by atomic mass is 10.1. The first-order valence-corrected chi connectivity index (χ1v) is 5.97. The van der Waals surface area contributed by atoms with E-state index in [0.717, 1.165) is 0 Å². The molecule has 100 valence electrons. The molecule has 2 aromatic heterocycles. The van der Waals surface area contributed by atoms with Crippen LogP contribution >= 0.6 is 0 Å². The summed E-state index contributed by atoms with van der Waals surface area (Å²) in [6.07, 6.45) is 3.17. The van der Waals surface area contributed by atoms with E-state index in [2.05, 4.69) is 20.3 Å². The summed E-state index contributed by atoms with van der Waals surface area (Å²) in [5.74, 6) is -0.503. The quantitative estimate of drug-likeness (QED) is 0.749. The summed E-state index contributed by atoms with van der Waals surface area (Å²) in [6, 6.07) is 5.86. The topological polar surface area (TPSA) is 70.9 Å². The third-order valence-electron chi connectivity index (χ3n) is 2.94. The highest BCUT2D eigenvalue weighted by Crippen LogP contribution is 2.27. The van der Waals surface area contributed by atoms with Gasteiger partial charge in [0.15, 0.2) is 17.4 Å². The standard InChI is InChI=1S/C14H11FN4O/c1-16-14-13-11(17-4-5-18-13)7-10(19-14)8-2-3-12(20)9(15)6-8/h2-7,20H,1H3,(H,16,19). The Bertz CT molecular complexity index is 791. The van der Waals surface area contributed by atoms with Gasteiger partial charge in [0.25, 0.3) is 0 Å². The van der Waals surface area contributed by atoms with Gasteiger partial charge in [-0.15, -0.1) is 0 Å². The molecule has 6 heteroatoms. The molecular formula is C14H11FN4O. The number of aromatic nitrogens is 3. The zero-order valence-corrected chi connectivity index (χ0v) is 10.6. The van der Waals surface area contributed by atoms with Gasteiger partial charge in [0.2, 0.25) is 0 Å². The van der Waals surface area contributed by atoms with Crippen LogP contribution in [-0.2, 0) is 0 Å². The smallest absolute Gasteiger partial charge is 0.165 e. The molecule has 0 spiro atoms. The molecule has 3 aromatic rings. The number of pyridine rings is 1. The first-order valence-electron chi connectivity index (χ1n) is 5.97. The second-order valence-electron chi connectivity index (χ2n) is 4.20. The van der Waals surface area contributed by atoms with E-state index in [4.69, 9.17) is 0 Å². The summed E-state index contributed by atoms with van der Waals surface area (Å²) in [6.45, 7) is 0. The average molecular weight is 270 g/mol. The van der Waals surface area contributed by atoms with Crippen LogP contribution in [0.15, 0.2) is 36.7 Å². The van der Waals surface area contributed by atoms with Crippen molar-refractivity contribution in [2.24, 2.45) is 0 Å². The fraction of sp³-hybridized carbons (Fsp3) is 0.0714. The number of phenolic OH excluding ortho intramolecular Hbond substituents is 1. The number of halogens is 1. The van der Waals surface area contributed by atoms with Gasteiger partial charge in [-0.25, -0.2) is 14.4 Å².